The predicted molar refractivity (Wildman–Crippen MR) is 66.2 cm³/mol. The first kappa shape index (κ1) is 34.3. The van der Waals surface area contributed by atoms with Gasteiger partial charge in [-0.2, -0.15) is 0 Å². The molecule has 0 rings (SSSR count). The SMILES string of the molecule is O=C([O-])CN(CCN(CC(=O)[O-])C(CCO)C(=O)O)CC(=O)[O-].[Na+].[Na+].[Na+]. The van der Waals surface area contributed by atoms with Gasteiger partial charge >= 0.3 is 94.6 Å². The van der Waals surface area contributed by atoms with E-state index in [1.807, 2.05) is 0 Å². The van der Waals surface area contributed by atoms with Crippen molar-refractivity contribution >= 4 is 23.9 Å². The minimum atomic E-state index is -1.57. The maximum absolute atomic E-state index is 11.1. The van der Waals surface area contributed by atoms with Gasteiger partial charge in [0.25, 0.3) is 0 Å². The van der Waals surface area contributed by atoms with E-state index >= 15 is 0 Å². The van der Waals surface area contributed by atoms with Crippen molar-refractivity contribution in [1.29, 1.82) is 0 Å². The summed E-state index contributed by atoms with van der Waals surface area (Å²) in [4.78, 5) is 44.8. The number of hydrogen-bond donors (Lipinski definition) is 2. The smallest absolute Gasteiger partial charge is 0.549 e. The fraction of sp³-hybridized carbons (Fsp3) is 0.667. The number of nitrogens with zero attached hydrogens (tertiary/aromatic N) is 2. The summed E-state index contributed by atoms with van der Waals surface area (Å²) in [6, 6.07) is -1.34. The van der Waals surface area contributed by atoms with E-state index in [0.29, 0.717) is 0 Å². The fourth-order valence-electron chi connectivity index (χ4n) is 1.94. The molecule has 0 aliphatic carbocycles. The molecule has 0 aliphatic heterocycles. The van der Waals surface area contributed by atoms with E-state index in [2.05, 4.69) is 0 Å². The molecule has 0 saturated heterocycles. The van der Waals surface area contributed by atoms with Crippen molar-refractivity contribution in [3.8, 4) is 0 Å². The average Bonchev–Trinajstić information content (AvgIpc) is 2.38. The standard InChI is InChI=1S/C12H20N2O9.3Na/c15-4-1-8(12(22)23)14(7-11(20)21)3-2-13(5-9(16)17)6-10(18)19;;;/h8,15H,1-7H2,(H,16,17)(H,18,19)(H,20,21)(H,22,23);;;/q;3*+1/p-3. The zero-order valence-electron chi connectivity index (χ0n) is 15.2. The van der Waals surface area contributed by atoms with Crippen molar-refractivity contribution in [2.45, 2.75) is 12.5 Å². The molecule has 0 aromatic heterocycles. The Morgan fingerprint density at radius 3 is 1.54 bits per heavy atom. The van der Waals surface area contributed by atoms with Crippen molar-refractivity contribution in [3.63, 3.8) is 0 Å². The van der Waals surface area contributed by atoms with E-state index < -0.39 is 56.2 Å². The van der Waals surface area contributed by atoms with Gasteiger partial charge in [0, 0.05) is 39.3 Å². The Balaban J connectivity index is -0.000000807. The summed E-state index contributed by atoms with van der Waals surface area (Å²) in [6.07, 6.45) is -0.260. The molecule has 0 radical (unpaired) electrons. The number of hydrogen-bond acceptors (Lipinski definition) is 10. The summed E-state index contributed by atoms with van der Waals surface area (Å²) >= 11 is 0. The zero-order valence-corrected chi connectivity index (χ0v) is 21.2. The second kappa shape index (κ2) is 19.1. The van der Waals surface area contributed by atoms with Gasteiger partial charge in [-0.1, -0.05) is 0 Å². The largest absolute Gasteiger partial charge is 1.00 e. The molecule has 2 N–H and O–H groups in total. The second-order valence-corrected chi connectivity index (χ2v) is 4.66. The Morgan fingerprint density at radius 1 is 0.808 bits per heavy atom. The van der Waals surface area contributed by atoms with Gasteiger partial charge < -0.3 is 39.9 Å². The van der Waals surface area contributed by atoms with Crippen LogP contribution in [0.3, 0.4) is 0 Å². The van der Waals surface area contributed by atoms with Crippen LogP contribution in [0.1, 0.15) is 6.42 Å². The fourth-order valence-corrected chi connectivity index (χ4v) is 1.94. The zero-order chi connectivity index (χ0) is 18.0. The number of aliphatic carboxylic acids is 4. The Morgan fingerprint density at radius 2 is 1.23 bits per heavy atom. The Kier molecular flexibility index (Phi) is 25.2. The maximum Gasteiger partial charge on any atom is 1.00 e. The van der Waals surface area contributed by atoms with Crippen LogP contribution in [-0.4, -0.2) is 89.3 Å². The molecule has 0 saturated carbocycles. The molecule has 26 heavy (non-hydrogen) atoms. The number of aliphatic hydroxyl groups is 1. The van der Waals surface area contributed by atoms with Crippen LogP contribution in [0, 0.1) is 0 Å². The number of carbonyl (C=O) groups excluding carboxylic acids is 3. The molecule has 0 bridgehead atoms. The first-order chi connectivity index (χ1) is 10.7. The molecule has 14 heteroatoms. The van der Waals surface area contributed by atoms with Gasteiger partial charge in [-0.05, 0) is 6.42 Å². The molecule has 0 heterocycles. The van der Waals surface area contributed by atoms with E-state index in [4.69, 9.17) is 10.2 Å². The van der Waals surface area contributed by atoms with Gasteiger partial charge in [0.15, 0.2) is 0 Å². The van der Waals surface area contributed by atoms with Gasteiger partial charge in [-0.3, -0.25) is 14.6 Å². The van der Waals surface area contributed by atoms with Crippen LogP contribution >= 0.6 is 0 Å². The first-order valence-electron chi connectivity index (χ1n) is 6.57. The average molecular weight is 402 g/mol. The van der Waals surface area contributed by atoms with E-state index in [1.165, 1.54) is 0 Å². The van der Waals surface area contributed by atoms with Crippen molar-refractivity contribution < 1.29 is 133 Å². The van der Waals surface area contributed by atoms with Crippen LogP contribution in [0.15, 0.2) is 0 Å². The summed E-state index contributed by atoms with van der Waals surface area (Å²) in [5.74, 6) is -6.06. The number of rotatable bonds is 13. The van der Waals surface area contributed by atoms with E-state index in [-0.39, 0.29) is 108 Å². The van der Waals surface area contributed by atoms with Crippen LogP contribution in [-0.2, 0) is 19.2 Å². The summed E-state index contributed by atoms with van der Waals surface area (Å²) in [6.45, 7) is -3.31. The van der Waals surface area contributed by atoms with Gasteiger partial charge in [-0.15, -0.1) is 0 Å². The van der Waals surface area contributed by atoms with Gasteiger partial charge in [0.1, 0.15) is 6.04 Å². The summed E-state index contributed by atoms with van der Waals surface area (Å²) in [5.41, 5.74) is 0. The molecule has 0 amide bonds. The third-order valence-corrected chi connectivity index (χ3v) is 2.87. The van der Waals surface area contributed by atoms with Crippen LogP contribution in [0.2, 0.25) is 0 Å². The molecule has 1 atom stereocenters. The molecular formula is C12H17N2Na3O9. The normalized spacial score (nSPS) is 10.9. The van der Waals surface area contributed by atoms with Crippen LogP contribution in [0.4, 0.5) is 0 Å². The number of carboxylic acids is 4. The Hall–Kier alpha value is 0.760. The van der Waals surface area contributed by atoms with E-state index in [1.54, 1.807) is 0 Å². The molecule has 0 fully saturated rings. The van der Waals surface area contributed by atoms with Gasteiger partial charge in [-0.25, -0.2) is 0 Å². The Bertz CT molecular complexity index is 438. The van der Waals surface area contributed by atoms with E-state index in [0.717, 1.165) is 9.80 Å². The number of carbonyl (C=O) groups is 4. The minimum absolute atomic E-state index is 0. The molecule has 132 valence electrons. The molecule has 1 unspecified atom stereocenters. The maximum atomic E-state index is 11.1. The van der Waals surface area contributed by atoms with Crippen LogP contribution in [0.25, 0.3) is 0 Å². The number of aliphatic hydroxyl groups excluding tert-OH is 1. The van der Waals surface area contributed by atoms with Gasteiger partial charge in [0.05, 0.1) is 17.9 Å². The topological polar surface area (TPSA) is 184 Å². The summed E-state index contributed by atoms with van der Waals surface area (Å²) < 4.78 is 0. The second-order valence-electron chi connectivity index (χ2n) is 4.66. The molecular weight excluding hydrogens is 385 g/mol. The molecule has 0 aromatic rings. The van der Waals surface area contributed by atoms with Crippen molar-refractivity contribution in [2.75, 3.05) is 39.3 Å². The minimum Gasteiger partial charge on any atom is -0.549 e. The quantitative estimate of drug-likeness (QED) is 0.279. The number of carboxylic acid groups (broad SMARTS) is 4. The van der Waals surface area contributed by atoms with Crippen molar-refractivity contribution in [2.24, 2.45) is 0 Å². The van der Waals surface area contributed by atoms with Crippen molar-refractivity contribution in [3.05, 3.63) is 0 Å². The van der Waals surface area contributed by atoms with E-state index in [9.17, 15) is 34.5 Å². The molecule has 0 spiro atoms. The first-order valence-corrected chi connectivity index (χ1v) is 6.57. The van der Waals surface area contributed by atoms with Crippen LogP contribution in [0.5, 0.6) is 0 Å². The monoisotopic (exact) mass is 402 g/mol. The molecule has 11 nitrogen and oxygen atoms in total. The Labute approximate surface area is 216 Å². The summed E-state index contributed by atoms with van der Waals surface area (Å²) in [5, 5.41) is 49.7. The summed E-state index contributed by atoms with van der Waals surface area (Å²) in [7, 11) is 0. The third-order valence-electron chi connectivity index (χ3n) is 2.87. The van der Waals surface area contributed by atoms with Gasteiger partial charge in [0.2, 0.25) is 0 Å². The molecule has 0 aliphatic rings. The molecule has 0 aromatic carbocycles. The van der Waals surface area contributed by atoms with Crippen LogP contribution < -0.4 is 104 Å². The third kappa shape index (κ3) is 16.9. The van der Waals surface area contributed by atoms with Crippen molar-refractivity contribution in [1.82, 2.24) is 9.80 Å². The predicted octanol–water partition coefficient (Wildman–Crippen LogP) is -15.3.